The zero-order chi connectivity index (χ0) is 14.8. The first-order valence-corrected chi connectivity index (χ1v) is 8.08. The van der Waals surface area contributed by atoms with E-state index in [2.05, 4.69) is 0 Å². The molecule has 0 spiro atoms. The summed E-state index contributed by atoms with van der Waals surface area (Å²) in [5.41, 5.74) is 8.17. The lowest BCUT2D eigenvalue weighted by atomic mass is 10.1. The molecule has 0 heterocycles. The molecule has 19 heavy (non-hydrogen) atoms. The lowest BCUT2D eigenvalue weighted by Crippen LogP contribution is -2.38. The Morgan fingerprint density at radius 1 is 1.21 bits per heavy atom. The molecule has 0 radical (unpaired) electrons. The zero-order valence-electron chi connectivity index (χ0n) is 12.4. The van der Waals surface area contributed by atoms with E-state index in [0.717, 1.165) is 17.5 Å². The van der Waals surface area contributed by atoms with Crippen molar-refractivity contribution in [2.24, 2.45) is 0 Å². The van der Waals surface area contributed by atoms with Gasteiger partial charge in [0.1, 0.15) is 4.90 Å². The van der Waals surface area contributed by atoms with Crippen LogP contribution >= 0.6 is 0 Å². The van der Waals surface area contributed by atoms with Crippen molar-refractivity contribution in [3.05, 3.63) is 23.3 Å². The fourth-order valence-electron chi connectivity index (χ4n) is 2.08. The van der Waals surface area contributed by atoms with Crippen molar-refractivity contribution in [3.8, 4) is 0 Å². The first kappa shape index (κ1) is 16.0. The Labute approximate surface area is 116 Å². The summed E-state index contributed by atoms with van der Waals surface area (Å²) in [7, 11) is -3.52. The van der Waals surface area contributed by atoms with E-state index >= 15 is 0 Å². The summed E-state index contributed by atoms with van der Waals surface area (Å²) in [6.07, 6.45) is 0.776. The highest BCUT2D eigenvalue weighted by atomic mass is 32.2. The number of nitrogens with zero attached hydrogens (tertiary/aromatic N) is 1. The predicted molar refractivity (Wildman–Crippen MR) is 79.6 cm³/mol. The van der Waals surface area contributed by atoms with E-state index in [1.165, 1.54) is 4.31 Å². The van der Waals surface area contributed by atoms with Gasteiger partial charge in [-0.15, -0.1) is 0 Å². The molecule has 0 bridgehead atoms. The van der Waals surface area contributed by atoms with Gasteiger partial charge in [-0.05, 0) is 50.5 Å². The largest absolute Gasteiger partial charge is 0.398 e. The first-order chi connectivity index (χ1) is 8.75. The summed E-state index contributed by atoms with van der Waals surface area (Å²) < 4.78 is 26.9. The summed E-state index contributed by atoms with van der Waals surface area (Å²) >= 11 is 0. The maximum Gasteiger partial charge on any atom is 0.245 e. The van der Waals surface area contributed by atoms with E-state index < -0.39 is 10.0 Å². The molecule has 0 aliphatic carbocycles. The lowest BCUT2D eigenvalue weighted by molar-refractivity contribution is 0.342. The minimum atomic E-state index is -3.52. The van der Waals surface area contributed by atoms with Crippen molar-refractivity contribution in [2.75, 3.05) is 12.3 Å². The molecule has 0 saturated carbocycles. The van der Waals surface area contributed by atoms with Crippen molar-refractivity contribution in [1.82, 2.24) is 4.31 Å². The molecule has 1 rings (SSSR count). The highest BCUT2D eigenvalue weighted by Crippen LogP contribution is 2.27. The highest BCUT2D eigenvalue weighted by molar-refractivity contribution is 7.89. The number of anilines is 1. The van der Waals surface area contributed by atoms with E-state index in [9.17, 15) is 8.42 Å². The number of rotatable bonds is 5. The molecule has 5 heteroatoms. The number of aryl methyl sites for hydroxylation is 2. The van der Waals surface area contributed by atoms with Crippen molar-refractivity contribution < 1.29 is 8.42 Å². The van der Waals surface area contributed by atoms with E-state index in [1.807, 2.05) is 34.6 Å². The Bertz CT molecular complexity index is 553. The molecule has 0 saturated heterocycles. The Kier molecular flexibility index (Phi) is 4.98. The second-order valence-corrected chi connectivity index (χ2v) is 6.80. The highest BCUT2D eigenvalue weighted by Gasteiger charge is 2.28. The molecule has 2 N–H and O–H groups in total. The quantitative estimate of drug-likeness (QED) is 0.846. The number of nitrogens with two attached hydrogens (primary N) is 1. The van der Waals surface area contributed by atoms with Crippen LogP contribution in [0.1, 0.15) is 38.3 Å². The van der Waals surface area contributed by atoms with E-state index in [0.29, 0.717) is 12.2 Å². The van der Waals surface area contributed by atoms with Gasteiger partial charge in [0.15, 0.2) is 0 Å². The molecular formula is C14H24N2O2S. The van der Waals surface area contributed by atoms with Gasteiger partial charge >= 0.3 is 0 Å². The summed E-state index contributed by atoms with van der Waals surface area (Å²) in [6.45, 7) is 10.0. The number of benzene rings is 1. The number of sulfonamides is 1. The average molecular weight is 284 g/mol. The van der Waals surface area contributed by atoms with Crippen LogP contribution in [-0.2, 0) is 10.0 Å². The minimum Gasteiger partial charge on any atom is -0.398 e. The van der Waals surface area contributed by atoms with Gasteiger partial charge in [0, 0.05) is 12.6 Å². The van der Waals surface area contributed by atoms with E-state index in [-0.39, 0.29) is 10.9 Å². The molecule has 108 valence electrons. The summed E-state index contributed by atoms with van der Waals surface area (Å²) in [6, 6.07) is 3.37. The third-order valence-electron chi connectivity index (χ3n) is 3.61. The zero-order valence-corrected chi connectivity index (χ0v) is 13.2. The Hall–Kier alpha value is -1.07. The average Bonchev–Trinajstić information content (AvgIpc) is 2.33. The van der Waals surface area contributed by atoms with Crippen LogP contribution in [0.2, 0.25) is 0 Å². The minimum absolute atomic E-state index is 0.0315. The molecule has 1 atom stereocenters. The molecular weight excluding hydrogens is 260 g/mol. The van der Waals surface area contributed by atoms with Gasteiger partial charge in [0.05, 0.1) is 5.69 Å². The molecule has 0 amide bonds. The van der Waals surface area contributed by atoms with Crippen LogP contribution in [0.15, 0.2) is 17.0 Å². The second-order valence-electron chi connectivity index (χ2n) is 4.94. The number of hydrogen-bond acceptors (Lipinski definition) is 3. The van der Waals surface area contributed by atoms with Crippen molar-refractivity contribution in [3.63, 3.8) is 0 Å². The Balaban J connectivity index is 3.38. The van der Waals surface area contributed by atoms with Crippen molar-refractivity contribution >= 4 is 15.7 Å². The first-order valence-electron chi connectivity index (χ1n) is 6.64. The predicted octanol–water partition coefficient (Wildman–Crippen LogP) is 2.69. The normalized spacial score (nSPS) is 13.8. The summed E-state index contributed by atoms with van der Waals surface area (Å²) in [5, 5.41) is 0. The summed E-state index contributed by atoms with van der Waals surface area (Å²) in [5.74, 6) is 0. The van der Waals surface area contributed by atoms with Crippen molar-refractivity contribution in [1.29, 1.82) is 0 Å². The lowest BCUT2D eigenvalue weighted by Gasteiger charge is -2.27. The van der Waals surface area contributed by atoms with Crippen LogP contribution in [0.4, 0.5) is 5.69 Å². The van der Waals surface area contributed by atoms with Crippen LogP contribution in [-0.4, -0.2) is 25.3 Å². The van der Waals surface area contributed by atoms with E-state index in [1.54, 1.807) is 12.1 Å². The van der Waals surface area contributed by atoms with Gasteiger partial charge in [-0.1, -0.05) is 13.8 Å². The fraction of sp³-hybridized carbons (Fsp3) is 0.571. The van der Waals surface area contributed by atoms with Crippen LogP contribution in [0, 0.1) is 13.8 Å². The Morgan fingerprint density at radius 2 is 1.74 bits per heavy atom. The molecule has 0 aromatic heterocycles. The molecule has 0 aliphatic rings. The standard InChI is InChI=1S/C14H24N2O2S/c1-6-12(5)16(7-2)19(17,18)14-9-11(4)10(3)8-13(14)15/h8-9,12H,6-7,15H2,1-5H3. The molecule has 0 aliphatic heterocycles. The van der Waals surface area contributed by atoms with Crippen LogP contribution in [0.3, 0.4) is 0 Å². The SMILES string of the molecule is CCC(C)N(CC)S(=O)(=O)c1cc(C)c(C)cc1N. The Morgan fingerprint density at radius 3 is 2.21 bits per heavy atom. The fourth-order valence-corrected chi connectivity index (χ4v) is 3.98. The van der Waals surface area contributed by atoms with Gasteiger partial charge in [0.25, 0.3) is 0 Å². The van der Waals surface area contributed by atoms with Gasteiger partial charge in [-0.25, -0.2) is 8.42 Å². The number of nitrogen functional groups attached to an aromatic ring is 1. The second kappa shape index (κ2) is 5.92. The monoisotopic (exact) mass is 284 g/mol. The van der Waals surface area contributed by atoms with Gasteiger partial charge in [-0.2, -0.15) is 4.31 Å². The van der Waals surface area contributed by atoms with Crippen LogP contribution in [0.25, 0.3) is 0 Å². The molecule has 1 unspecified atom stereocenters. The van der Waals surface area contributed by atoms with Crippen LogP contribution < -0.4 is 5.73 Å². The maximum absolute atomic E-state index is 12.7. The van der Waals surface area contributed by atoms with Gasteiger partial charge < -0.3 is 5.73 Å². The maximum atomic E-state index is 12.7. The van der Waals surface area contributed by atoms with Gasteiger partial charge in [0.2, 0.25) is 10.0 Å². The van der Waals surface area contributed by atoms with Crippen LogP contribution in [0.5, 0.6) is 0 Å². The topological polar surface area (TPSA) is 63.4 Å². The summed E-state index contributed by atoms with van der Waals surface area (Å²) in [4.78, 5) is 0.220. The van der Waals surface area contributed by atoms with E-state index in [4.69, 9.17) is 5.73 Å². The molecule has 4 nitrogen and oxygen atoms in total. The van der Waals surface area contributed by atoms with Gasteiger partial charge in [-0.3, -0.25) is 0 Å². The molecule has 0 fully saturated rings. The third kappa shape index (κ3) is 3.09. The molecule has 1 aromatic carbocycles. The molecule has 1 aromatic rings. The number of hydrogen-bond donors (Lipinski definition) is 1. The smallest absolute Gasteiger partial charge is 0.245 e. The third-order valence-corrected chi connectivity index (χ3v) is 5.75. The van der Waals surface area contributed by atoms with Crippen molar-refractivity contribution in [2.45, 2.75) is 52.0 Å².